The van der Waals surface area contributed by atoms with E-state index < -0.39 is 0 Å². The lowest BCUT2D eigenvalue weighted by Gasteiger charge is -2.05. The highest BCUT2D eigenvalue weighted by molar-refractivity contribution is 7.71. The van der Waals surface area contributed by atoms with Crippen LogP contribution in [-0.4, -0.2) is 20.7 Å². The fourth-order valence-electron chi connectivity index (χ4n) is 2.30. The second kappa shape index (κ2) is 6.87. The molecule has 1 aromatic heterocycles. The summed E-state index contributed by atoms with van der Waals surface area (Å²) in [5.74, 6) is 0.386. The van der Waals surface area contributed by atoms with Crippen molar-refractivity contribution in [3.05, 3.63) is 52.3 Å². The molecule has 2 N–H and O–H groups in total. The van der Waals surface area contributed by atoms with Gasteiger partial charge in [0.2, 0.25) is 5.91 Å². The van der Waals surface area contributed by atoms with E-state index in [1.54, 1.807) is 24.3 Å². The van der Waals surface area contributed by atoms with Gasteiger partial charge in [-0.1, -0.05) is 24.3 Å². The first-order valence-corrected chi connectivity index (χ1v) is 7.89. The number of H-pyrrole nitrogens is 1. The Bertz CT molecular complexity index is 774. The predicted octanol–water partition coefficient (Wildman–Crippen LogP) is 3.13. The van der Waals surface area contributed by atoms with Gasteiger partial charge in [0, 0.05) is 12.5 Å². The van der Waals surface area contributed by atoms with Gasteiger partial charge in [-0.2, -0.15) is 5.10 Å². The molecular weight excluding hydrogens is 315 g/mol. The van der Waals surface area contributed by atoms with Gasteiger partial charge in [-0.25, -0.2) is 4.39 Å². The van der Waals surface area contributed by atoms with Crippen LogP contribution < -0.4 is 5.32 Å². The molecule has 1 heterocycles. The Morgan fingerprint density at radius 2 is 2.17 bits per heavy atom. The number of carbonyl (C=O) groups excluding carboxylic acids is 1. The molecular formula is C16H17FN4OS. The fraction of sp³-hybridized carbons (Fsp3) is 0.312. The van der Waals surface area contributed by atoms with Crippen molar-refractivity contribution in [1.82, 2.24) is 20.1 Å². The summed E-state index contributed by atoms with van der Waals surface area (Å²) in [5.41, 5.74) is 0.855. The van der Waals surface area contributed by atoms with Gasteiger partial charge in [-0.15, -0.1) is 0 Å². The molecule has 1 aromatic carbocycles. The average molecular weight is 332 g/mol. The lowest BCUT2D eigenvalue weighted by molar-refractivity contribution is -0.120. The van der Waals surface area contributed by atoms with Crippen molar-refractivity contribution >= 4 is 24.2 Å². The van der Waals surface area contributed by atoms with Crippen LogP contribution in [0.15, 0.2) is 30.3 Å². The molecule has 1 fully saturated rings. The third-order valence-corrected chi connectivity index (χ3v) is 3.90. The highest BCUT2D eigenvalue weighted by atomic mass is 32.1. The molecule has 0 atom stereocenters. The average Bonchev–Trinajstić information content (AvgIpc) is 3.30. The molecule has 0 aliphatic heterocycles. The van der Waals surface area contributed by atoms with Crippen LogP contribution in [0.1, 0.15) is 36.7 Å². The standard InChI is InChI=1S/C16H17FN4OS/c17-12-6-4-11(5-7-12)2-1-3-15(22)18-10-14-19-20-16(23)21(14)13-8-9-13/h1-2,4-7,13H,3,8-10H2,(H,18,22)(H,20,23)/b2-1+. The Morgan fingerprint density at radius 3 is 2.87 bits per heavy atom. The maximum Gasteiger partial charge on any atom is 0.224 e. The minimum absolute atomic E-state index is 0.0976. The molecule has 7 heteroatoms. The molecule has 1 aliphatic rings. The number of benzene rings is 1. The van der Waals surface area contributed by atoms with E-state index in [2.05, 4.69) is 15.5 Å². The van der Waals surface area contributed by atoms with Crippen LogP contribution in [0.2, 0.25) is 0 Å². The smallest absolute Gasteiger partial charge is 0.224 e. The van der Waals surface area contributed by atoms with Gasteiger partial charge in [0.25, 0.3) is 0 Å². The van der Waals surface area contributed by atoms with Gasteiger partial charge < -0.3 is 5.32 Å². The fourth-order valence-corrected chi connectivity index (χ4v) is 2.60. The number of nitrogens with one attached hydrogen (secondary N) is 2. The number of rotatable bonds is 6. The zero-order valence-corrected chi connectivity index (χ0v) is 13.3. The Balaban J connectivity index is 1.50. The van der Waals surface area contributed by atoms with E-state index in [9.17, 15) is 9.18 Å². The molecule has 3 rings (SSSR count). The van der Waals surface area contributed by atoms with E-state index in [0.717, 1.165) is 24.2 Å². The van der Waals surface area contributed by atoms with E-state index in [0.29, 0.717) is 17.4 Å². The minimum Gasteiger partial charge on any atom is -0.349 e. The summed E-state index contributed by atoms with van der Waals surface area (Å²) in [6, 6.07) is 6.53. The van der Waals surface area contributed by atoms with Crippen LogP contribution in [0.3, 0.4) is 0 Å². The Kier molecular flexibility index (Phi) is 4.66. The van der Waals surface area contributed by atoms with Crippen molar-refractivity contribution in [2.45, 2.75) is 31.8 Å². The maximum absolute atomic E-state index is 12.8. The summed E-state index contributed by atoms with van der Waals surface area (Å²) in [6.45, 7) is 0.354. The summed E-state index contributed by atoms with van der Waals surface area (Å²) in [4.78, 5) is 11.9. The topological polar surface area (TPSA) is 62.7 Å². The molecule has 0 unspecified atom stereocenters. The Morgan fingerprint density at radius 1 is 1.43 bits per heavy atom. The molecule has 5 nitrogen and oxygen atoms in total. The van der Waals surface area contributed by atoms with Crippen LogP contribution >= 0.6 is 12.2 Å². The highest BCUT2D eigenvalue weighted by Crippen LogP contribution is 2.35. The lowest BCUT2D eigenvalue weighted by atomic mass is 10.2. The van der Waals surface area contributed by atoms with Gasteiger partial charge in [0.1, 0.15) is 5.82 Å². The second-order valence-corrected chi connectivity index (χ2v) is 5.87. The van der Waals surface area contributed by atoms with E-state index in [4.69, 9.17) is 12.2 Å². The van der Waals surface area contributed by atoms with Crippen molar-refractivity contribution in [3.63, 3.8) is 0 Å². The number of amides is 1. The van der Waals surface area contributed by atoms with Crippen LogP contribution in [0, 0.1) is 10.6 Å². The number of hydrogen-bond acceptors (Lipinski definition) is 3. The number of halogens is 1. The number of carbonyl (C=O) groups is 1. The summed E-state index contributed by atoms with van der Waals surface area (Å²) < 4.78 is 15.4. The normalized spacial score (nSPS) is 14.3. The monoisotopic (exact) mass is 332 g/mol. The van der Waals surface area contributed by atoms with E-state index >= 15 is 0 Å². The van der Waals surface area contributed by atoms with Crippen molar-refractivity contribution in [3.8, 4) is 0 Å². The van der Waals surface area contributed by atoms with Gasteiger partial charge >= 0.3 is 0 Å². The molecule has 1 amide bonds. The van der Waals surface area contributed by atoms with Crippen LogP contribution in [0.25, 0.3) is 6.08 Å². The third-order valence-electron chi connectivity index (χ3n) is 3.62. The SMILES string of the molecule is O=C(C/C=C/c1ccc(F)cc1)NCc1n[nH]c(=S)n1C1CC1. The van der Waals surface area contributed by atoms with Crippen molar-refractivity contribution < 1.29 is 9.18 Å². The minimum atomic E-state index is -0.274. The number of hydrogen-bond donors (Lipinski definition) is 2. The predicted molar refractivity (Wildman–Crippen MR) is 87.6 cm³/mol. The van der Waals surface area contributed by atoms with Crippen molar-refractivity contribution in [1.29, 1.82) is 0 Å². The van der Waals surface area contributed by atoms with Gasteiger partial charge in [-0.05, 0) is 42.8 Å². The Hall–Kier alpha value is -2.28. The molecule has 120 valence electrons. The van der Waals surface area contributed by atoms with Gasteiger partial charge in [0.15, 0.2) is 10.6 Å². The van der Waals surface area contributed by atoms with E-state index in [1.807, 2.05) is 4.57 Å². The molecule has 0 radical (unpaired) electrons. The van der Waals surface area contributed by atoms with Gasteiger partial charge in [0.05, 0.1) is 6.54 Å². The molecule has 23 heavy (non-hydrogen) atoms. The zero-order chi connectivity index (χ0) is 16.2. The van der Waals surface area contributed by atoms with Gasteiger partial charge in [-0.3, -0.25) is 14.5 Å². The molecule has 0 spiro atoms. The number of aromatic nitrogens is 3. The first-order chi connectivity index (χ1) is 11.1. The highest BCUT2D eigenvalue weighted by Gasteiger charge is 2.27. The first-order valence-electron chi connectivity index (χ1n) is 7.48. The molecule has 0 bridgehead atoms. The third kappa shape index (κ3) is 4.13. The largest absolute Gasteiger partial charge is 0.349 e. The molecule has 2 aromatic rings. The zero-order valence-electron chi connectivity index (χ0n) is 12.5. The Labute approximate surface area is 138 Å². The van der Waals surface area contributed by atoms with E-state index in [1.165, 1.54) is 12.1 Å². The second-order valence-electron chi connectivity index (χ2n) is 5.48. The number of nitrogens with zero attached hydrogens (tertiary/aromatic N) is 2. The maximum atomic E-state index is 12.8. The molecule has 0 saturated heterocycles. The summed E-state index contributed by atoms with van der Waals surface area (Å²) in [5, 5.41) is 9.76. The quantitative estimate of drug-likeness (QED) is 0.799. The lowest BCUT2D eigenvalue weighted by Crippen LogP contribution is -2.23. The summed E-state index contributed by atoms with van der Waals surface area (Å²) >= 11 is 5.20. The van der Waals surface area contributed by atoms with Crippen molar-refractivity contribution in [2.24, 2.45) is 0 Å². The number of aromatic amines is 1. The molecule has 1 saturated carbocycles. The van der Waals surface area contributed by atoms with E-state index in [-0.39, 0.29) is 18.1 Å². The van der Waals surface area contributed by atoms with Crippen LogP contribution in [0.4, 0.5) is 4.39 Å². The van der Waals surface area contributed by atoms with Crippen LogP contribution in [0.5, 0.6) is 0 Å². The van der Waals surface area contributed by atoms with Crippen LogP contribution in [-0.2, 0) is 11.3 Å². The van der Waals surface area contributed by atoms with Crippen molar-refractivity contribution in [2.75, 3.05) is 0 Å². The first kappa shape index (κ1) is 15.6. The summed E-state index contributed by atoms with van der Waals surface area (Å²) in [6.07, 6.45) is 6.01. The molecule has 1 aliphatic carbocycles. The summed E-state index contributed by atoms with van der Waals surface area (Å²) in [7, 11) is 0.